The molecule has 114 valence electrons. The Morgan fingerprint density at radius 3 is 2.86 bits per heavy atom. The van der Waals surface area contributed by atoms with Crippen molar-refractivity contribution in [3.05, 3.63) is 64.4 Å². The molecule has 2 aromatic carbocycles. The van der Waals surface area contributed by atoms with E-state index < -0.39 is 0 Å². The number of amides is 2. The summed E-state index contributed by atoms with van der Waals surface area (Å²) in [5.41, 5.74) is 1.54. The summed E-state index contributed by atoms with van der Waals surface area (Å²) in [7, 11) is 0. The predicted molar refractivity (Wildman–Crippen MR) is 91.5 cm³/mol. The Morgan fingerprint density at radius 2 is 2.09 bits per heavy atom. The molecule has 1 aliphatic heterocycles. The molecule has 0 aromatic heterocycles. The Labute approximate surface area is 141 Å². The average Bonchev–Trinajstić information content (AvgIpc) is 2.97. The van der Waals surface area contributed by atoms with Gasteiger partial charge in [-0.2, -0.15) is 0 Å². The molecule has 1 aliphatic rings. The van der Waals surface area contributed by atoms with Crippen LogP contribution in [0.1, 0.15) is 10.9 Å². The maximum Gasteiger partial charge on any atom is 0.323 e. The second-order valence-electron chi connectivity index (χ2n) is 4.91. The fourth-order valence-corrected chi connectivity index (χ4v) is 4.02. The molecule has 1 fully saturated rings. The molecule has 0 aliphatic carbocycles. The molecule has 1 saturated heterocycles. The van der Waals surface area contributed by atoms with Crippen LogP contribution in [0.3, 0.4) is 0 Å². The van der Waals surface area contributed by atoms with Crippen molar-refractivity contribution >= 4 is 39.4 Å². The van der Waals surface area contributed by atoms with Crippen molar-refractivity contribution in [3.63, 3.8) is 0 Å². The third-order valence-corrected chi connectivity index (χ3v) is 5.12. The molecule has 1 atom stereocenters. The fraction of sp³-hybridized carbons (Fsp3) is 0.188. The van der Waals surface area contributed by atoms with Crippen molar-refractivity contribution in [1.82, 2.24) is 4.90 Å². The highest BCUT2D eigenvalue weighted by Gasteiger charge is 2.30. The van der Waals surface area contributed by atoms with Crippen LogP contribution in [0.5, 0.6) is 0 Å². The minimum atomic E-state index is -0.280. The van der Waals surface area contributed by atoms with Gasteiger partial charge < -0.3 is 10.2 Å². The summed E-state index contributed by atoms with van der Waals surface area (Å²) >= 11 is 5.02. The Bertz CT molecular complexity index is 697. The third-order valence-electron chi connectivity index (χ3n) is 3.36. The standard InChI is InChI=1S/C16H14BrFN2OS/c17-12-4-2-6-14(10-12)19-16(21)20-7-8-22-15(20)11-3-1-5-13(18)9-11/h1-6,9-10,15H,7-8H2,(H,19,21)/t15-/m1/s1. The van der Waals surface area contributed by atoms with E-state index in [1.54, 1.807) is 22.7 Å². The highest BCUT2D eigenvalue weighted by atomic mass is 79.9. The molecule has 1 N–H and O–H groups in total. The van der Waals surface area contributed by atoms with Gasteiger partial charge in [0.2, 0.25) is 0 Å². The van der Waals surface area contributed by atoms with E-state index >= 15 is 0 Å². The van der Waals surface area contributed by atoms with E-state index in [4.69, 9.17) is 0 Å². The Hall–Kier alpha value is -1.53. The summed E-state index contributed by atoms with van der Waals surface area (Å²) in [6.45, 7) is 0.645. The maximum absolute atomic E-state index is 13.4. The van der Waals surface area contributed by atoms with Gasteiger partial charge in [0.25, 0.3) is 0 Å². The van der Waals surface area contributed by atoms with Gasteiger partial charge in [-0.3, -0.25) is 0 Å². The van der Waals surface area contributed by atoms with E-state index in [0.29, 0.717) is 6.54 Å². The number of rotatable bonds is 2. The molecule has 0 bridgehead atoms. The molecule has 3 nitrogen and oxygen atoms in total. The number of nitrogens with one attached hydrogen (secondary N) is 1. The highest BCUT2D eigenvalue weighted by Crippen LogP contribution is 2.38. The molecule has 0 spiro atoms. The molecule has 1 heterocycles. The van der Waals surface area contributed by atoms with E-state index in [1.807, 2.05) is 30.3 Å². The number of anilines is 1. The van der Waals surface area contributed by atoms with Crippen LogP contribution in [0.2, 0.25) is 0 Å². The van der Waals surface area contributed by atoms with Crippen molar-refractivity contribution in [2.75, 3.05) is 17.6 Å². The lowest BCUT2D eigenvalue weighted by atomic mass is 10.2. The lowest BCUT2D eigenvalue weighted by molar-refractivity contribution is 0.214. The van der Waals surface area contributed by atoms with Gasteiger partial charge in [0.1, 0.15) is 11.2 Å². The molecular formula is C16H14BrFN2OS. The first-order valence-electron chi connectivity index (χ1n) is 6.84. The summed E-state index contributed by atoms with van der Waals surface area (Å²) in [6.07, 6.45) is 0. The monoisotopic (exact) mass is 380 g/mol. The molecular weight excluding hydrogens is 367 g/mol. The smallest absolute Gasteiger partial charge is 0.308 e. The third kappa shape index (κ3) is 3.44. The summed E-state index contributed by atoms with van der Waals surface area (Å²) < 4.78 is 14.3. The molecule has 2 aromatic rings. The number of hydrogen-bond donors (Lipinski definition) is 1. The molecule has 6 heteroatoms. The number of hydrogen-bond acceptors (Lipinski definition) is 2. The molecule has 0 saturated carbocycles. The zero-order valence-electron chi connectivity index (χ0n) is 11.6. The van der Waals surface area contributed by atoms with Crippen LogP contribution in [0.25, 0.3) is 0 Å². The van der Waals surface area contributed by atoms with Gasteiger partial charge in [0, 0.05) is 22.5 Å². The van der Waals surface area contributed by atoms with Crippen LogP contribution in [0.4, 0.5) is 14.9 Å². The predicted octanol–water partition coefficient (Wildman–Crippen LogP) is 4.87. The van der Waals surface area contributed by atoms with Gasteiger partial charge in [-0.25, -0.2) is 9.18 Å². The zero-order chi connectivity index (χ0) is 15.5. The first-order valence-corrected chi connectivity index (χ1v) is 8.68. The highest BCUT2D eigenvalue weighted by molar-refractivity contribution is 9.10. The van der Waals surface area contributed by atoms with Gasteiger partial charge in [0.15, 0.2) is 0 Å². The SMILES string of the molecule is O=C(Nc1cccc(Br)c1)N1CCS[C@@H]1c1cccc(F)c1. The Kier molecular flexibility index (Phi) is 4.69. The summed E-state index contributed by atoms with van der Waals surface area (Å²) in [4.78, 5) is 14.2. The topological polar surface area (TPSA) is 32.3 Å². The average molecular weight is 381 g/mol. The van der Waals surface area contributed by atoms with E-state index in [-0.39, 0.29) is 17.2 Å². The molecule has 3 rings (SSSR count). The number of carbonyl (C=O) groups excluding carboxylic acids is 1. The van der Waals surface area contributed by atoms with Crippen LogP contribution < -0.4 is 5.32 Å². The van der Waals surface area contributed by atoms with Crippen molar-refractivity contribution in [2.24, 2.45) is 0 Å². The quantitative estimate of drug-likeness (QED) is 0.805. The van der Waals surface area contributed by atoms with Gasteiger partial charge in [0.05, 0.1) is 0 Å². The second kappa shape index (κ2) is 6.71. The fourth-order valence-electron chi connectivity index (χ4n) is 2.38. The molecule has 0 radical (unpaired) electrons. The Balaban J connectivity index is 1.76. The minimum absolute atomic E-state index is 0.150. The zero-order valence-corrected chi connectivity index (χ0v) is 14.0. The van der Waals surface area contributed by atoms with Gasteiger partial charge in [-0.05, 0) is 35.9 Å². The first kappa shape index (κ1) is 15.4. The number of halogens is 2. The van der Waals surface area contributed by atoms with Gasteiger partial charge in [-0.15, -0.1) is 11.8 Å². The molecule has 2 amide bonds. The van der Waals surface area contributed by atoms with E-state index in [1.165, 1.54) is 12.1 Å². The van der Waals surface area contributed by atoms with E-state index in [0.717, 1.165) is 21.5 Å². The van der Waals surface area contributed by atoms with Crippen LogP contribution in [0.15, 0.2) is 53.0 Å². The van der Waals surface area contributed by atoms with Crippen LogP contribution in [-0.4, -0.2) is 23.2 Å². The van der Waals surface area contributed by atoms with Crippen LogP contribution in [-0.2, 0) is 0 Å². The van der Waals surface area contributed by atoms with Crippen molar-refractivity contribution in [3.8, 4) is 0 Å². The number of carbonyl (C=O) groups is 1. The number of thioether (sulfide) groups is 1. The van der Waals surface area contributed by atoms with Crippen molar-refractivity contribution in [1.29, 1.82) is 0 Å². The molecule has 0 unspecified atom stereocenters. The van der Waals surface area contributed by atoms with Crippen molar-refractivity contribution < 1.29 is 9.18 Å². The minimum Gasteiger partial charge on any atom is -0.308 e. The summed E-state index contributed by atoms with van der Waals surface area (Å²) in [5.74, 6) is 0.560. The van der Waals surface area contributed by atoms with E-state index in [2.05, 4.69) is 21.2 Å². The molecule has 22 heavy (non-hydrogen) atoms. The largest absolute Gasteiger partial charge is 0.323 e. The van der Waals surface area contributed by atoms with Crippen LogP contribution in [0, 0.1) is 5.82 Å². The normalized spacial score (nSPS) is 17.5. The number of nitrogens with zero attached hydrogens (tertiary/aromatic N) is 1. The van der Waals surface area contributed by atoms with Gasteiger partial charge >= 0.3 is 6.03 Å². The number of benzene rings is 2. The van der Waals surface area contributed by atoms with Crippen molar-refractivity contribution in [2.45, 2.75) is 5.37 Å². The van der Waals surface area contributed by atoms with E-state index in [9.17, 15) is 9.18 Å². The maximum atomic E-state index is 13.4. The number of urea groups is 1. The first-order chi connectivity index (χ1) is 10.6. The van der Waals surface area contributed by atoms with Crippen LogP contribution >= 0.6 is 27.7 Å². The summed E-state index contributed by atoms with van der Waals surface area (Å²) in [6, 6.07) is 13.7. The summed E-state index contributed by atoms with van der Waals surface area (Å²) in [5, 5.41) is 2.74. The lowest BCUT2D eigenvalue weighted by Gasteiger charge is -2.24. The van der Waals surface area contributed by atoms with Gasteiger partial charge in [-0.1, -0.05) is 34.1 Å². The lowest BCUT2D eigenvalue weighted by Crippen LogP contribution is -2.34. The Morgan fingerprint density at radius 1 is 1.27 bits per heavy atom. The second-order valence-corrected chi connectivity index (χ2v) is 7.02.